The molecule has 0 spiro atoms. The number of sulfonamides is 1. The van der Waals surface area contributed by atoms with Crippen LogP contribution in [0, 0.1) is 6.92 Å². The number of aryl methyl sites for hydroxylation is 1. The number of carbonyl (C=O) groups excluding carboxylic acids is 1. The summed E-state index contributed by atoms with van der Waals surface area (Å²) >= 11 is 5.93. The molecule has 1 amide bonds. The first-order chi connectivity index (χ1) is 15.8. The van der Waals surface area contributed by atoms with Gasteiger partial charge in [-0.15, -0.1) is 0 Å². The maximum absolute atomic E-state index is 13.5. The van der Waals surface area contributed by atoms with Crippen LogP contribution in [0.3, 0.4) is 0 Å². The van der Waals surface area contributed by atoms with Crippen molar-refractivity contribution in [1.29, 1.82) is 0 Å². The second kappa shape index (κ2) is 9.45. The van der Waals surface area contributed by atoms with E-state index >= 15 is 0 Å². The fraction of sp³-hybridized carbons (Fsp3) is 0.240. The van der Waals surface area contributed by atoms with Gasteiger partial charge in [0.25, 0.3) is 15.9 Å². The lowest BCUT2D eigenvalue weighted by atomic mass is 10.0. The van der Waals surface area contributed by atoms with Gasteiger partial charge in [-0.1, -0.05) is 60.5 Å². The van der Waals surface area contributed by atoms with Crippen LogP contribution in [0.25, 0.3) is 0 Å². The van der Waals surface area contributed by atoms with Crippen LogP contribution in [0.1, 0.15) is 30.5 Å². The molecular formula is C25H25ClN2O4S. The highest BCUT2D eigenvalue weighted by atomic mass is 35.5. The number of hydrogen-bond donors (Lipinski definition) is 1. The second-order valence-electron chi connectivity index (χ2n) is 7.94. The normalized spacial score (nSPS) is 16.5. The van der Waals surface area contributed by atoms with Gasteiger partial charge in [0.2, 0.25) is 0 Å². The van der Waals surface area contributed by atoms with E-state index in [0.29, 0.717) is 22.9 Å². The van der Waals surface area contributed by atoms with Gasteiger partial charge >= 0.3 is 0 Å². The van der Waals surface area contributed by atoms with Crippen LogP contribution in [-0.2, 0) is 14.8 Å². The summed E-state index contributed by atoms with van der Waals surface area (Å²) in [4.78, 5) is 13.3. The molecule has 33 heavy (non-hydrogen) atoms. The molecule has 0 saturated carbocycles. The summed E-state index contributed by atoms with van der Waals surface area (Å²) in [5, 5.41) is 3.46. The number of nitrogens with one attached hydrogen (secondary N) is 1. The molecule has 0 fully saturated rings. The third-order valence-corrected chi connectivity index (χ3v) is 7.68. The van der Waals surface area contributed by atoms with Crippen LogP contribution in [0.4, 0.5) is 5.69 Å². The molecule has 0 aliphatic carbocycles. The van der Waals surface area contributed by atoms with Gasteiger partial charge < -0.3 is 10.1 Å². The average Bonchev–Trinajstić information content (AvgIpc) is 2.82. The standard InChI is InChI=1S/C25H25ClN2O4S/c1-3-21(18-10-8-17(2)9-11-18)27-25(29)24-16-28(22-6-4-5-7-23(22)32-24)33(30,31)20-14-12-19(26)13-15-20/h4-15,21,24H,3,16H2,1-2H3,(H,27,29)/t21-,24-/m1/s1. The predicted octanol–water partition coefficient (Wildman–Crippen LogP) is 4.87. The molecule has 0 saturated heterocycles. The summed E-state index contributed by atoms with van der Waals surface area (Å²) < 4.78 is 34.1. The first-order valence-electron chi connectivity index (χ1n) is 10.7. The lowest BCUT2D eigenvalue weighted by Gasteiger charge is -2.35. The van der Waals surface area contributed by atoms with Gasteiger partial charge in [0, 0.05) is 5.02 Å². The first-order valence-corrected chi connectivity index (χ1v) is 12.5. The Bertz CT molecular complexity index is 1240. The minimum absolute atomic E-state index is 0.0915. The molecule has 2 atom stereocenters. The molecule has 0 radical (unpaired) electrons. The highest BCUT2D eigenvalue weighted by molar-refractivity contribution is 7.92. The summed E-state index contributed by atoms with van der Waals surface area (Å²) in [6, 6.07) is 20.5. The van der Waals surface area contributed by atoms with Crippen molar-refractivity contribution in [3.8, 4) is 5.75 Å². The third-order valence-electron chi connectivity index (χ3n) is 5.63. The van der Waals surface area contributed by atoms with E-state index in [9.17, 15) is 13.2 Å². The lowest BCUT2D eigenvalue weighted by Crippen LogP contribution is -2.51. The number of hydrogen-bond acceptors (Lipinski definition) is 4. The number of carbonyl (C=O) groups is 1. The van der Waals surface area contributed by atoms with E-state index in [1.807, 2.05) is 38.1 Å². The molecule has 1 heterocycles. The monoisotopic (exact) mass is 484 g/mol. The lowest BCUT2D eigenvalue weighted by molar-refractivity contribution is -0.128. The molecule has 1 aliphatic rings. The highest BCUT2D eigenvalue weighted by Crippen LogP contribution is 2.37. The second-order valence-corrected chi connectivity index (χ2v) is 10.2. The maximum atomic E-state index is 13.5. The number of anilines is 1. The van der Waals surface area contributed by atoms with Crippen molar-refractivity contribution in [2.45, 2.75) is 37.3 Å². The number of nitrogens with zero attached hydrogens (tertiary/aromatic N) is 1. The minimum atomic E-state index is -3.93. The van der Waals surface area contributed by atoms with E-state index in [-0.39, 0.29) is 23.4 Å². The topological polar surface area (TPSA) is 75.7 Å². The van der Waals surface area contributed by atoms with Crippen LogP contribution in [0.5, 0.6) is 5.75 Å². The molecule has 0 bridgehead atoms. The molecular weight excluding hydrogens is 460 g/mol. The Kier molecular flexibility index (Phi) is 6.63. The van der Waals surface area contributed by atoms with Crippen LogP contribution in [-0.4, -0.2) is 27.0 Å². The van der Waals surface area contributed by atoms with E-state index in [2.05, 4.69) is 5.32 Å². The Morgan fingerprint density at radius 1 is 1.09 bits per heavy atom. The zero-order valence-electron chi connectivity index (χ0n) is 18.4. The van der Waals surface area contributed by atoms with Crippen molar-refractivity contribution in [3.05, 3.63) is 88.9 Å². The van der Waals surface area contributed by atoms with Crippen molar-refractivity contribution in [2.75, 3.05) is 10.8 Å². The average molecular weight is 485 g/mol. The largest absolute Gasteiger partial charge is 0.476 e. The van der Waals surface area contributed by atoms with Crippen LogP contribution >= 0.6 is 11.6 Å². The highest BCUT2D eigenvalue weighted by Gasteiger charge is 2.38. The molecule has 3 aromatic carbocycles. The van der Waals surface area contributed by atoms with Gasteiger partial charge in [0.05, 0.1) is 23.2 Å². The molecule has 1 aliphatic heterocycles. The Labute approximate surface area is 199 Å². The number of amides is 1. The van der Waals surface area contributed by atoms with Crippen molar-refractivity contribution in [3.63, 3.8) is 0 Å². The zero-order valence-corrected chi connectivity index (χ0v) is 19.9. The molecule has 1 N–H and O–H groups in total. The SMILES string of the molecule is CC[C@@H](NC(=O)[C@H]1CN(S(=O)(=O)c2ccc(Cl)cc2)c2ccccc2O1)c1ccc(C)cc1. The van der Waals surface area contributed by atoms with Crippen molar-refractivity contribution >= 4 is 33.2 Å². The van der Waals surface area contributed by atoms with Gasteiger partial charge in [-0.25, -0.2) is 8.42 Å². The van der Waals surface area contributed by atoms with Gasteiger partial charge in [0.1, 0.15) is 5.75 Å². The zero-order chi connectivity index (χ0) is 23.6. The maximum Gasteiger partial charge on any atom is 0.264 e. The molecule has 4 rings (SSSR count). The Hall–Kier alpha value is -3.03. The van der Waals surface area contributed by atoms with Gasteiger partial charge in [-0.05, 0) is 55.3 Å². The number of fused-ring (bicyclic) bond motifs is 1. The first kappa shape index (κ1) is 23.1. The molecule has 3 aromatic rings. The quantitative estimate of drug-likeness (QED) is 0.541. The smallest absolute Gasteiger partial charge is 0.264 e. The molecule has 0 unspecified atom stereocenters. The fourth-order valence-corrected chi connectivity index (χ4v) is 5.39. The molecule has 0 aromatic heterocycles. The van der Waals surface area contributed by atoms with E-state index in [4.69, 9.17) is 16.3 Å². The number of rotatable bonds is 6. The molecule has 6 nitrogen and oxygen atoms in total. The Balaban J connectivity index is 1.62. The van der Waals surface area contributed by atoms with Gasteiger partial charge in [0.15, 0.2) is 6.10 Å². The van der Waals surface area contributed by atoms with E-state index in [1.54, 1.807) is 24.3 Å². The number of benzene rings is 3. The number of ether oxygens (including phenoxy) is 1. The third kappa shape index (κ3) is 4.84. The van der Waals surface area contributed by atoms with Gasteiger partial charge in [-0.2, -0.15) is 0 Å². The van der Waals surface area contributed by atoms with Crippen LogP contribution < -0.4 is 14.4 Å². The van der Waals surface area contributed by atoms with Crippen molar-refractivity contribution in [2.24, 2.45) is 0 Å². The number of para-hydroxylation sites is 2. The summed E-state index contributed by atoms with van der Waals surface area (Å²) in [6.45, 7) is 3.85. The summed E-state index contributed by atoms with van der Waals surface area (Å²) in [7, 11) is -3.93. The van der Waals surface area contributed by atoms with Crippen molar-refractivity contribution in [1.82, 2.24) is 5.32 Å². The van der Waals surface area contributed by atoms with Crippen molar-refractivity contribution < 1.29 is 17.9 Å². The van der Waals surface area contributed by atoms with Crippen LogP contribution in [0.15, 0.2) is 77.7 Å². The van der Waals surface area contributed by atoms with E-state index < -0.39 is 16.1 Å². The molecule has 172 valence electrons. The number of halogens is 1. The predicted molar refractivity (Wildman–Crippen MR) is 129 cm³/mol. The Morgan fingerprint density at radius 2 is 1.76 bits per heavy atom. The van der Waals surface area contributed by atoms with E-state index in [0.717, 1.165) is 11.1 Å². The fourth-order valence-electron chi connectivity index (χ4n) is 3.78. The Morgan fingerprint density at radius 3 is 2.42 bits per heavy atom. The summed E-state index contributed by atoms with van der Waals surface area (Å²) in [5.41, 5.74) is 2.51. The molecule has 8 heteroatoms. The minimum Gasteiger partial charge on any atom is -0.476 e. The summed E-state index contributed by atoms with van der Waals surface area (Å²) in [5.74, 6) is -0.0296. The van der Waals surface area contributed by atoms with Crippen LogP contribution in [0.2, 0.25) is 5.02 Å². The van der Waals surface area contributed by atoms with E-state index in [1.165, 1.54) is 28.6 Å². The van der Waals surface area contributed by atoms with Gasteiger partial charge in [-0.3, -0.25) is 9.10 Å². The summed E-state index contributed by atoms with van der Waals surface area (Å²) in [6.07, 6.45) is -0.313.